The number of carbonyl (C=O) groups excluding carboxylic acids is 3. The highest BCUT2D eigenvalue weighted by atomic mass is 16.7. The summed E-state index contributed by atoms with van der Waals surface area (Å²) in [6, 6.07) is 4.84. The van der Waals surface area contributed by atoms with Gasteiger partial charge in [-0.15, -0.1) is 0 Å². The van der Waals surface area contributed by atoms with Crippen molar-refractivity contribution in [3.8, 4) is 11.5 Å². The third-order valence-corrected chi connectivity index (χ3v) is 5.00. The fraction of sp³-hybridized carbons (Fsp3) is 0.526. The van der Waals surface area contributed by atoms with Crippen molar-refractivity contribution in [1.29, 1.82) is 0 Å². The van der Waals surface area contributed by atoms with Crippen LogP contribution < -0.4 is 20.1 Å². The molecule has 0 aromatic heterocycles. The average molecular weight is 375 g/mol. The number of hydrogen-bond acceptors (Lipinski definition) is 5. The van der Waals surface area contributed by atoms with E-state index in [2.05, 4.69) is 10.6 Å². The first-order valence-corrected chi connectivity index (χ1v) is 8.97. The third-order valence-electron chi connectivity index (χ3n) is 5.00. The molecule has 2 heterocycles. The normalized spacial score (nSPS) is 21.4. The summed E-state index contributed by atoms with van der Waals surface area (Å²) >= 11 is 0. The number of fused-ring (bicyclic) bond motifs is 1. The minimum absolute atomic E-state index is 0.169. The maximum Gasteiger partial charge on any atom is 0.325 e. The molecule has 2 aliphatic rings. The van der Waals surface area contributed by atoms with E-state index in [1.54, 1.807) is 19.1 Å². The Morgan fingerprint density at radius 2 is 2.00 bits per heavy atom. The lowest BCUT2D eigenvalue weighted by atomic mass is 9.92. The van der Waals surface area contributed by atoms with Gasteiger partial charge < -0.3 is 20.1 Å². The van der Waals surface area contributed by atoms with E-state index < -0.39 is 23.0 Å². The molecule has 0 saturated carbocycles. The van der Waals surface area contributed by atoms with Crippen LogP contribution in [0.15, 0.2) is 18.2 Å². The van der Waals surface area contributed by atoms with Gasteiger partial charge in [-0.3, -0.25) is 14.5 Å². The van der Waals surface area contributed by atoms with Crippen molar-refractivity contribution in [2.75, 3.05) is 13.3 Å². The third kappa shape index (κ3) is 3.84. The van der Waals surface area contributed by atoms with Crippen molar-refractivity contribution in [3.63, 3.8) is 0 Å². The minimum Gasteiger partial charge on any atom is -0.454 e. The summed E-state index contributed by atoms with van der Waals surface area (Å²) in [6.45, 7) is 7.26. The van der Waals surface area contributed by atoms with Crippen LogP contribution >= 0.6 is 0 Å². The predicted octanol–water partition coefficient (Wildman–Crippen LogP) is 1.57. The van der Waals surface area contributed by atoms with Gasteiger partial charge in [-0.2, -0.15) is 0 Å². The SMILES string of the molecule is CCC(C)(C)NC(=O)CN1C(=O)N[C@](C)(Cc2ccc3c(c2)OCO3)C1=O. The lowest BCUT2D eigenvalue weighted by Gasteiger charge is -2.26. The summed E-state index contributed by atoms with van der Waals surface area (Å²) < 4.78 is 10.6. The molecule has 8 heteroatoms. The van der Waals surface area contributed by atoms with Gasteiger partial charge in [0.15, 0.2) is 11.5 Å². The highest BCUT2D eigenvalue weighted by Gasteiger charge is 2.48. The molecule has 4 amide bonds. The summed E-state index contributed by atoms with van der Waals surface area (Å²) in [5.41, 5.74) is -0.689. The van der Waals surface area contributed by atoms with E-state index >= 15 is 0 Å². The van der Waals surface area contributed by atoms with Crippen LogP contribution in [0.3, 0.4) is 0 Å². The van der Waals surface area contributed by atoms with Gasteiger partial charge in [0.2, 0.25) is 12.7 Å². The number of benzene rings is 1. The van der Waals surface area contributed by atoms with Crippen LogP contribution in [0.1, 0.15) is 39.7 Å². The highest BCUT2D eigenvalue weighted by molar-refractivity contribution is 6.09. The first-order chi connectivity index (χ1) is 12.6. The lowest BCUT2D eigenvalue weighted by Crippen LogP contribution is -2.49. The molecule has 0 radical (unpaired) electrons. The zero-order valence-corrected chi connectivity index (χ0v) is 16.0. The zero-order chi connectivity index (χ0) is 19.8. The fourth-order valence-electron chi connectivity index (χ4n) is 3.12. The van der Waals surface area contributed by atoms with Crippen LogP contribution in [0.2, 0.25) is 0 Å². The van der Waals surface area contributed by atoms with Gasteiger partial charge in [0.05, 0.1) is 0 Å². The Morgan fingerprint density at radius 1 is 1.30 bits per heavy atom. The molecule has 1 atom stereocenters. The molecule has 3 rings (SSSR count). The zero-order valence-electron chi connectivity index (χ0n) is 16.0. The van der Waals surface area contributed by atoms with Crippen molar-refractivity contribution in [2.24, 2.45) is 0 Å². The second-order valence-electron chi connectivity index (χ2n) is 7.80. The number of nitrogens with zero attached hydrogens (tertiary/aromatic N) is 1. The average Bonchev–Trinajstić information content (AvgIpc) is 3.13. The Hall–Kier alpha value is -2.77. The predicted molar refractivity (Wildman–Crippen MR) is 97.4 cm³/mol. The number of nitrogens with one attached hydrogen (secondary N) is 2. The molecular weight excluding hydrogens is 350 g/mol. The van der Waals surface area contributed by atoms with Crippen LogP contribution in [0.4, 0.5) is 4.79 Å². The number of rotatable bonds is 6. The summed E-state index contributed by atoms with van der Waals surface area (Å²) in [6.07, 6.45) is 1.02. The molecule has 8 nitrogen and oxygen atoms in total. The van der Waals surface area contributed by atoms with Gasteiger partial charge in [0, 0.05) is 12.0 Å². The molecule has 1 aromatic rings. The van der Waals surface area contributed by atoms with Gasteiger partial charge in [-0.1, -0.05) is 13.0 Å². The van der Waals surface area contributed by atoms with Gasteiger partial charge in [0.25, 0.3) is 5.91 Å². The molecule has 0 aliphatic carbocycles. The first-order valence-electron chi connectivity index (χ1n) is 8.97. The van der Waals surface area contributed by atoms with Crippen LogP contribution in [-0.4, -0.2) is 47.2 Å². The minimum atomic E-state index is -1.12. The second kappa shape index (κ2) is 6.75. The quantitative estimate of drug-likeness (QED) is 0.736. The molecule has 2 N–H and O–H groups in total. The van der Waals surface area contributed by atoms with E-state index in [9.17, 15) is 14.4 Å². The molecule has 1 saturated heterocycles. The molecule has 146 valence electrons. The fourth-order valence-corrected chi connectivity index (χ4v) is 3.12. The molecule has 0 unspecified atom stereocenters. The summed E-state index contributed by atoms with van der Waals surface area (Å²) in [5, 5.41) is 5.55. The van der Waals surface area contributed by atoms with E-state index in [-0.39, 0.29) is 25.7 Å². The van der Waals surface area contributed by atoms with E-state index in [4.69, 9.17) is 9.47 Å². The Balaban J connectivity index is 1.70. The molecule has 1 aromatic carbocycles. The molecule has 0 bridgehead atoms. The van der Waals surface area contributed by atoms with Crippen molar-refractivity contribution in [2.45, 2.75) is 51.6 Å². The topological polar surface area (TPSA) is 97.0 Å². The van der Waals surface area contributed by atoms with Crippen LogP contribution in [0.5, 0.6) is 11.5 Å². The van der Waals surface area contributed by atoms with Crippen molar-refractivity contribution >= 4 is 17.8 Å². The van der Waals surface area contributed by atoms with Crippen LogP contribution in [0.25, 0.3) is 0 Å². The standard InChI is InChI=1S/C19H25N3O5/c1-5-18(2,3)20-15(23)10-22-16(24)19(4,21-17(22)25)9-12-6-7-13-14(8-12)27-11-26-13/h6-8H,5,9-11H2,1-4H3,(H,20,23)(H,21,25)/t19-/m1/s1. The van der Waals surface area contributed by atoms with Crippen LogP contribution in [-0.2, 0) is 16.0 Å². The second-order valence-corrected chi connectivity index (χ2v) is 7.80. The highest BCUT2D eigenvalue weighted by Crippen LogP contribution is 2.34. The Bertz CT molecular complexity index is 792. The largest absolute Gasteiger partial charge is 0.454 e. The summed E-state index contributed by atoms with van der Waals surface area (Å²) in [5.74, 6) is 0.487. The number of urea groups is 1. The number of ether oxygens (including phenoxy) is 2. The van der Waals surface area contributed by atoms with Gasteiger partial charge in [0.1, 0.15) is 12.1 Å². The molecular formula is C19H25N3O5. The van der Waals surface area contributed by atoms with E-state index in [0.29, 0.717) is 11.5 Å². The van der Waals surface area contributed by atoms with Gasteiger partial charge in [-0.25, -0.2) is 4.79 Å². The van der Waals surface area contributed by atoms with E-state index in [1.165, 1.54) is 0 Å². The molecule has 1 fully saturated rings. The summed E-state index contributed by atoms with van der Waals surface area (Å²) in [4.78, 5) is 38.4. The number of imide groups is 1. The van der Waals surface area contributed by atoms with Crippen molar-refractivity contribution in [1.82, 2.24) is 15.5 Å². The van der Waals surface area contributed by atoms with Gasteiger partial charge in [-0.05, 0) is 44.9 Å². The van der Waals surface area contributed by atoms with Crippen molar-refractivity contribution in [3.05, 3.63) is 23.8 Å². The van der Waals surface area contributed by atoms with E-state index in [1.807, 2.05) is 26.8 Å². The lowest BCUT2D eigenvalue weighted by molar-refractivity contribution is -0.135. The number of carbonyl (C=O) groups is 3. The Labute approximate surface area is 158 Å². The van der Waals surface area contributed by atoms with E-state index in [0.717, 1.165) is 16.9 Å². The smallest absolute Gasteiger partial charge is 0.325 e. The number of hydrogen-bond donors (Lipinski definition) is 2. The molecule has 0 spiro atoms. The number of amides is 4. The molecule has 27 heavy (non-hydrogen) atoms. The Kier molecular flexibility index (Phi) is 4.75. The Morgan fingerprint density at radius 3 is 2.70 bits per heavy atom. The first kappa shape index (κ1) is 19.0. The van der Waals surface area contributed by atoms with Crippen LogP contribution in [0, 0.1) is 0 Å². The van der Waals surface area contributed by atoms with Gasteiger partial charge >= 0.3 is 6.03 Å². The maximum absolute atomic E-state index is 12.9. The molecule has 2 aliphatic heterocycles. The maximum atomic E-state index is 12.9. The van der Waals surface area contributed by atoms with Crippen molar-refractivity contribution < 1.29 is 23.9 Å². The monoisotopic (exact) mass is 375 g/mol. The summed E-state index contributed by atoms with van der Waals surface area (Å²) in [7, 11) is 0.